The Kier molecular flexibility index (Phi) is 5.47. The predicted molar refractivity (Wildman–Crippen MR) is 78.8 cm³/mol. The maximum absolute atomic E-state index is 10.4. The van der Waals surface area contributed by atoms with E-state index in [4.69, 9.17) is 9.26 Å². The second-order valence-electron chi connectivity index (χ2n) is 5.15. The standard InChI is InChI=1S/C16H22N2O3/c1-4-8-13(20-3)15-17-16(21-18-15)11(2)14(19)12-9-6-5-7-10-12/h5-7,9-11,13-14,19H,4,8H2,1-3H3. The second-order valence-corrected chi connectivity index (χ2v) is 5.15. The van der Waals surface area contributed by atoms with Crippen molar-refractivity contribution in [3.8, 4) is 0 Å². The van der Waals surface area contributed by atoms with Crippen LogP contribution in [0.4, 0.5) is 0 Å². The van der Waals surface area contributed by atoms with E-state index in [-0.39, 0.29) is 12.0 Å². The van der Waals surface area contributed by atoms with E-state index in [0.717, 1.165) is 18.4 Å². The van der Waals surface area contributed by atoms with E-state index in [9.17, 15) is 5.11 Å². The fourth-order valence-electron chi connectivity index (χ4n) is 2.25. The van der Waals surface area contributed by atoms with E-state index in [1.165, 1.54) is 0 Å². The van der Waals surface area contributed by atoms with Gasteiger partial charge in [-0.15, -0.1) is 0 Å². The molecule has 1 heterocycles. The molecule has 1 N–H and O–H groups in total. The monoisotopic (exact) mass is 290 g/mol. The summed E-state index contributed by atoms with van der Waals surface area (Å²) in [6.45, 7) is 3.95. The van der Waals surface area contributed by atoms with Crippen LogP contribution in [-0.2, 0) is 4.74 Å². The molecule has 1 aromatic heterocycles. The van der Waals surface area contributed by atoms with Crippen molar-refractivity contribution in [1.29, 1.82) is 0 Å². The number of nitrogens with zero attached hydrogens (tertiary/aromatic N) is 2. The van der Waals surface area contributed by atoms with Crippen molar-refractivity contribution in [3.63, 3.8) is 0 Å². The number of rotatable bonds is 7. The topological polar surface area (TPSA) is 68.4 Å². The summed E-state index contributed by atoms with van der Waals surface area (Å²) in [4.78, 5) is 4.38. The smallest absolute Gasteiger partial charge is 0.232 e. The van der Waals surface area contributed by atoms with Crippen LogP contribution in [0.3, 0.4) is 0 Å². The third-order valence-corrected chi connectivity index (χ3v) is 3.59. The minimum Gasteiger partial charge on any atom is -0.388 e. The number of benzene rings is 1. The van der Waals surface area contributed by atoms with E-state index in [2.05, 4.69) is 17.1 Å². The molecule has 21 heavy (non-hydrogen) atoms. The summed E-state index contributed by atoms with van der Waals surface area (Å²) in [6.07, 6.45) is 0.982. The highest BCUT2D eigenvalue weighted by molar-refractivity contribution is 5.20. The number of hydrogen-bond acceptors (Lipinski definition) is 5. The highest BCUT2D eigenvalue weighted by Crippen LogP contribution is 2.30. The lowest BCUT2D eigenvalue weighted by atomic mass is 9.97. The van der Waals surface area contributed by atoms with Crippen molar-refractivity contribution in [2.24, 2.45) is 0 Å². The van der Waals surface area contributed by atoms with Gasteiger partial charge in [0.2, 0.25) is 11.7 Å². The summed E-state index contributed by atoms with van der Waals surface area (Å²) in [6, 6.07) is 9.47. The van der Waals surface area contributed by atoms with Gasteiger partial charge in [-0.05, 0) is 12.0 Å². The highest BCUT2D eigenvalue weighted by Gasteiger charge is 2.25. The van der Waals surface area contributed by atoms with Gasteiger partial charge < -0.3 is 14.4 Å². The van der Waals surface area contributed by atoms with Crippen LogP contribution in [0.1, 0.15) is 62.1 Å². The van der Waals surface area contributed by atoms with E-state index >= 15 is 0 Å². The molecule has 5 heteroatoms. The molecule has 0 radical (unpaired) electrons. The summed E-state index contributed by atoms with van der Waals surface area (Å²) >= 11 is 0. The SMILES string of the molecule is CCCC(OC)c1noc(C(C)C(O)c2ccccc2)n1. The van der Waals surface area contributed by atoms with E-state index < -0.39 is 6.10 Å². The van der Waals surface area contributed by atoms with Gasteiger partial charge in [-0.25, -0.2) is 0 Å². The van der Waals surface area contributed by atoms with Gasteiger partial charge in [-0.3, -0.25) is 0 Å². The third-order valence-electron chi connectivity index (χ3n) is 3.59. The summed E-state index contributed by atoms with van der Waals surface area (Å²) in [5.41, 5.74) is 0.835. The van der Waals surface area contributed by atoms with E-state index in [1.54, 1.807) is 7.11 Å². The molecule has 3 atom stereocenters. The van der Waals surface area contributed by atoms with Crippen LogP contribution in [-0.4, -0.2) is 22.4 Å². The van der Waals surface area contributed by atoms with Gasteiger partial charge in [-0.1, -0.05) is 55.8 Å². The lowest BCUT2D eigenvalue weighted by Crippen LogP contribution is -2.09. The fraction of sp³-hybridized carbons (Fsp3) is 0.500. The van der Waals surface area contributed by atoms with Crippen LogP contribution >= 0.6 is 0 Å². The largest absolute Gasteiger partial charge is 0.388 e. The molecule has 0 saturated carbocycles. The predicted octanol–water partition coefficient (Wildman–Crippen LogP) is 3.39. The zero-order valence-electron chi connectivity index (χ0n) is 12.7. The first kappa shape index (κ1) is 15.7. The minimum absolute atomic E-state index is 0.159. The minimum atomic E-state index is -0.674. The Labute approximate surface area is 125 Å². The highest BCUT2D eigenvalue weighted by atomic mass is 16.5. The van der Waals surface area contributed by atoms with Crippen LogP contribution in [0.25, 0.3) is 0 Å². The van der Waals surface area contributed by atoms with Gasteiger partial charge in [0.25, 0.3) is 0 Å². The molecule has 5 nitrogen and oxygen atoms in total. The Balaban J connectivity index is 2.13. The quantitative estimate of drug-likeness (QED) is 0.846. The van der Waals surface area contributed by atoms with Crippen molar-refractivity contribution in [2.75, 3.05) is 7.11 Å². The number of hydrogen-bond donors (Lipinski definition) is 1. The maximum Gasteiger partial charge on any atom is 0.232 e. The average molecular weight is 290 g/mol. The maximum atomic E-state index is 10.4. The molecule has 0 bridgehead atoms. The molecule has 0 aliphatic rings. The van der Waals surface area contributed by atoms with Crippen LogP contribution < -0.4 is 0 Å². The molecule has 0 aliphatic heterocycles. The number of methoxy groups -OCH3 is 1. The molecule has 0 amide bonds. The molecular formula is C16H22N2O3. The summed E-state index contributed by atoms with van der Waals surface area (Å²) < 4.78 is 10.7. The van der Waals surface area contributed by atoms with Crippen molar-refractivity contribution < 1.29 is 14.4 Å². The normalized spacial score (nSPS) is 15.6. The van der Waals surface area contributed by atoms with Gasteiger partial charge in [0.05, 0.1) is 12.0 Å². The zero-order valence-corrected chi connectivity index (χ0v) is 12.7. The van der Waals surface area contributed by atoms with E-state index in [1.807, 2.05) is 37.3 Å². The number of aliphatic hydroxyl groups is 1. The van der Waals surface area contributed by atoms with Gasteiger partial charge >= 0.3 is 0 Å². The summed E-state index contributed by atoms with van der Waals surface area (Å²) in [7, 11) is 1.64. The lowest BCUT2D eigenvalue weighted by Gasteiger charge is -2.15. The van der Waals surface area contributed by atoms with Crippen LogP contribution in [0.2, 0.25) is 0 Å². The third kappa shape index (κ3) is 3.68. The first-order chi connectivity index (χ1) is 10.2. The molecule has 0 aliphatic carbocycles. The Morgan fingerprint density at radius 3 is 2.62 bits per heavy atom. The molecule has 3 unspecified atom stereocenters. The lowest BCUT2D eigenvalue weighted by molar-refractivity contribution is 0.0854. The Morgan fingerprint density at radius 2 is 2.00 bits per heavy atom. The summed E-state index contributed by atoms with van der Waals surface area (Å²) in [5.74, 6) is 0.703. The molecular weight excluding hydrogens is 268 g/mol. The van der Waals surface area contributed by atoms with Crippen LogP contribution in [0.5, 0.6) is 0 Å². The molecule has 0 saturated heterocycles. The van der Waals surface area contributed by atoms with Crippen molar-refractivity contribution >= 4 is 0 Å². The van der Waals surface area contributed by atoms with E-state index in [0.29, 0.717) is 11.7 Å². The van der Waals surface area contributed by atoms with Crippen LogP contribution in [0, 0.1) is 0 Å². The Morgan fingerprint density at radius 1 is 1.29 bits per heavy atom. The van der Waals surface area contributed by atoms with Crippen molar-refractivity contribution in [3.05, 3.63) is 47.6 Å². The molecule has 0 spiro atoms. The first-order valence-electron chi connectivity index (χ1n) is 7.26. The number of aromatic nitrogens is 2. The van der Waals surface area contributed by atoms with Gasteiger partial charge in [0.1, 0.15) is 6.10 Å². The van der Waals surface area contributed by atoms with Gasteiger partial charge in [0, 0.05) is 7.11 Å². The molecule has 1 aromatic carbocycles. The fourth-order valence-corrected chi connectivity index (χ4v) is 2.25. The van der Waals surface area contributed by atoms with Gasteiger partial charge in [-0.2, -0.15) is 4.98 Å². The Bertz CT molecular complexity index is 541. The number of aliphatic hydroxyl groups excluding tert-OH is 1. The second kappa shape index (κ2) is 7.33. The van der Waals surface area contributed by atoms with Crippen LogP contribution in [0.15, 0.2) is 34.9 Å². The molecule has 2 aromatic rings. The molecule has 114 valence electrons. The molecule has 2 rings (SSSR count). The molecule has 0 fully saturated rings. The van der Waals surface area contributed by atoms with Crippen molar-refractivity contribution in [2.45, 2.75) is 44.8 Å². The first-order valence-corrected chi connectivity index (χ1v) is 7.26. The average Bonchev–Trinajstić information content (AvgIpc) is 3.01. The number of ether oxygens (including phenoxy) is 1. The van der Waals surface area contributed by atoms with Gasteiger partial charge in [0.15, 0.2) is 0 Å². The zero-order chi connectivity index (χ0) is 15.2. The van der Waals surface area contributed by atoms with Crippen molar-refractivity contribution in [1.82, 2.24) is 10.1 Å². The summed E-state index contributed by atoms with van der Waals surface area (Å²) in [5, 5.41) is 14.4. The Hall–Kier alpha value is -1.72.